The first-order valence-electron chi connectivity index (χ1n) is 6.42. The van der Waals surface area contributed by atoms with Crippen LogP contribution in [0.25, 0.3) is 0 Å². The van der Waals surface area contributed by atoms with Crippen molar-refractivity contribution in [2.45, 2.75) is 71.1 Å². The first-order chi connectivity index (χ1) is 7.81. The van der Waals surface area contributed by atoms with Gasteiger partial charge in [0.05, 0.1) is 0 Å². The topological polar surface area (TPSA) is 46.5 Å². The van der Waals surface area contributed by atoms with Gasteiger partial charge in [-0.15, -0.1) is 4.99 Å². The third-order valence-corrected chi connectivity index (χ3v) is 2.66. The summed E-state index contributed by atoms with van der Waals surface area (Å²) in [6.45, 7) is 2.22. The van der Waals surface area contributed by atoms with Crippen LogP contribution in [0.1, 0.15) is 72.6 Å². The van der Waals surface area contributed by atoms with Crippen LogP contribution in [-0.4, -0.2) is 12.0 Å². The summed E-state index contributed by atoms with van der Waals surface area (Å²) in [5.74, 6) is -0.335. The molecule has 17 heavy (non-hydrogen) atoms. The van der Waals surface area contributed by atoms with E-state index in [9.17, 15) is 9.59 Å². The smallest absolute Gasteiger partial charge is 1.00 e. The number of carbonyl (C=O) groups is 1. The van der Waals surface area contributed by atoms with Crippen LogP contribution >= 0.6 is 0 Å². The van der Waals surface area contributed by atoms with Crippen LogP contribution in [-0.2, 0) is 9.59 Å². The van der Waals surface area contributed by atoms with Gasteiger partial charge in [-0.05, 0) is 6.42 Å². The number of hydrogen-bond donors (Lipinski definition) is 0. The van der Waals surface area contributed by atoms with E-state index in [0.29, 0.717) is 6.42 Å². The van der Waals surface area contributed by atoms with Gasteiger partial charge >= 0.3 is 29.6 Å². The molecule has 0 aliphatic rings. The average molecular weight is 249 g/mol. The van der Waals surface area contributed by atoms with Crippen LogP contribution in [0.3, 0.4) is 0 Å². The van der Waals surface area contributed by atoms with Gasteiger partial charge in [0.15, 0.2) is 0 Å². The van der Waals surface area contributed by atoms with Gasteiger partial charge in [0.2, 0.25) is 6.08 Å². The number of rotatable bonds is 10. The standard InChI is InChI=1S/C13H23NO2.Na.H/c1-2-3-4-5-6-7-8-9-10-11-13(16)14-12-15;;/h2-11H2,1H3;;/q;+1;-1. The number of hydrogen-bond acceptors (Lipinski definition) is 2. The summed E-state index contributed by atoms with van der Waals surface area (Å²) in [5.41, 5.74) is 0. The fraction of sp³-hybridized carbons (Fsp3) is 0.846. The van der Waals surface area contributed by atoms with Gasteiger partial charge in [0.1, 0.15) is 0 Å². The molecule has 0 aliphatic heterocycles. The van der Waals surface area contributed by atoms with Crippen LogP contribution < -0.4 is 29.6 Å². The van der Waals surface area contributed by atoms with Crippen LogP contribution in [0.2, 0.25) is 0 Å². The van der Waals surface area contributed by atoms with Gasteiger partial charge in [-0.25, -0.2) is 4.79 Å². The van der Waals surface area contributed by atoms with Crippen molar-refractivity contribution in [3.05, 3.63) is 0 Å². The van der Waals surface area contributed by atoms with E-state index in [0.717, 1.165) is 12.8 Å². The molecule has 0 aromatic heterocycles. The number of nitrogens with zero attached hydrogens (tertiary/aromatic N) is 1. The molecular weight excluding hydrogens is 225 g/mol. The van der Waals surface area contributed by atoms with Crippen molar-refractivity contribution >= 4 is 12.0 Å². The zero-order chi connectivity index (χ0) is 12.1. The van der Waals surface area contributed by atoms with Crippen LogP contribution in [0.4, 0.5) is 0 Å². The van der Waals surface area contributed by atoms with E-state index in [1.807, 2.05) is 0 Å². The molecule has 4 heteroatoms. The van der Waals surface area contributed by atoms with E-state index in [1.165, 1.54) is 51.0 Å². The Kier molecular flexibility index (Phi) is 18.3. The fourth-order valence-corrected chi connectivity index (χ4v) is 1.69. The molecule has 0 atom stereocenters. The van der Waals surface area contributed by atoms with E-state index in [-0.39, 0.29) is 36.9 Å². The van der Waals surface area contributed by atoms with Gasteiger partial charge in [0, 0.05) is 6.42 Å². The molecular formula is C13H24NNaO2. The molecule has 0 bridgehead atoms. The molecule has 0 saturated carbocycles. The van der Waals surface area contributed by atoms with Crippen molar-refractivity contribution in [3.63, 3.8) is 0 Å². The van der Waals surface area contributed by atoms with E-state index < -0.39 is 0 Å². The zero-order valence-electron chi connectivity index (χ0n) is 12.3. The molecule has 0 aromatic carbocycles. The second-order valence-corrected chi connectivity index (χ2v) is 4.18. The van der Waals surface area contributed by atoms with Crippen molar-refractivity contribution in [3.8, 4) is 0 Å². The SMILES string of the molecule is CCCCCCCCCCCC(=O)N=C=O.[H-].[Na+]. The van der Waals surface area contributed by atoms with Gasteiger partial charge in [0.25, 0.3) is 5.91 Å². The Balaban J connectivity index is -0.00000112. The monoisotopic (exact) mass is 249 g/mol. The predicted octanol–water partition coefficient (Wildman–Crippen LogP) is 0.886. The Labute approximate surface area is 128 Å². The van der Waals surface area contributed by atoms with Crippen molar-refractivity contribution in [1.29, 1.82) is 0 Å². The second kappa shape index (κ2) is 16.1. The first kappa shape index (κ1) is 19.4. The summed E-state index contributed by atoms with van der Waals surface area (Å²) in [5, 5.41) is 0. The molecule has 94 valence electrons. The minimum Gasteiger partial charge on any atom is -1.00 e. The molecule has 0 fully saturated rings. The molecule has 0 unspecified atom stereocenters. The molecule has 0 saturated heterocycles. The van der Waals surface area contributed by atoms with Crippen molar-refractivity contribution < 1.29 is 40.6 Å². The first-order valence-corrected chi connectivity index (χ1v) is 6.42. The number of unbranched alkanes of at least 4 members (excludes halogenated alkanes) is 8. The molecule has 0 aromatic rings. The summed E-state index contributed by atoms with van der Waals surface area (Å²) < 4.78 is 0. The molecule has 0 aliphatic carbocycles. The van der Waals surface area contributed by atoms with Gasteiger partial charge in [-0.2, -0.15) is 0 Å². The molecule has 0 N–H and O–H groups in total. The second-order valence-electron chi connectivity index (χ2n) is 4.18. The minimum atomic E-state index is -0.335. The summed E-state index contributed by atoms with van der Waals surface area (Å²) in [4.78, 5) is 23.6. The van der Waals surface area contributed by atoms with Crippen molar-refractivity contribution in [2.75, 3.05) is 0 Å². The fourth-order valence-electron chi connectivity index (χ4n) is 1.69. The predicted molar refractivity (Wildman–Crippen MR) is 66.1 cm³/mol. The number of amides is 1. The summed E-state index contributed by atoms with van der Waals surface area (Å²) in [7, 11) is 0. The van der Waals surface area contributed by atoms with E-state index in [4.69, 9.17) is 0 Å². The number of isocyanates is 1. The van der Waals surface area contributed by atoms with Gasteiger partial charge in [-0.3, -0.25) is 4.79 Å². The van der Waals surface area contributed by atoms with E-state index in [1.54, 1.807) is 0 Å². The third kappa shape index (κ3) is 16.1. The average Bonchev–Trinajstić information content (AvgIpc) is 2.27. The number of carbonyl (C=O) groups excluding carboxylic acids is 2. The molecule has 0 radical (unpaired) electrons. The van der Waals surface area contributed by atoms with Crippen molar-refractivity contribution in [2.24, 2.45) is 4.99 Å². The normalized spacial score (nSPS) is 9.24. The largest absolute Gasteiger partial charge is 1.00 e. The summed E-state index contributed by atoms with van der Waals surface area (Å²) >= 11 is 0. The van der Waals surface area contributed by atoms with Gasteiger partial charge < -0.3 is 1.43 Å². The zero-order valence-corrected chi connectivity index (χ0v) is 13.3. The molecule has 0 spiro atoms. The van der Waals surface area contributed by atoms with Gasteiger partial charge in [-0.1, -0.05) is 58.3 Å². The van der Waals surface area contributed by atoms with Crippen LogP contribution in [0, 0.1) is 0 Å². The Hall–Kier alpha value is 0.0500. The maximum Gasteiger partial charge on any atom is 1.00 e. The van der Waals surface area contributed by atoms with Crippen LogP contribution in [0.5, 0.6) is 0 Å². The molecule has 1 amide bonds. The Morgan fingerprint density at radius 3 is 1.94 bits per heavy atom. The van der Waals surface area contributed by atoms with Crippen molar-refractivity contribution in [1.82, 2.24) is 0 Å². The quantitative estimate of drug-likeness (QED) is 0.250. The molecule has 3 nitrogen and oxygen atoms in total. The molecule has 0 rings (SSSR count). The van der Waals surface area contributed by atoms with E-state index >= 15 is 0 Å². The maximum absolute atomic E-state index is 10.8. The summed E-state index contributed by atoms with van der Waals surface area (Å²) in [6.07, 6.45) is 12.6. The van der Waals surface area contributed by atoms with Crippen LogP contribution in [0.15, 0.2) is 4.99 Å². The Bertz CT molecular complexity index is 231. The Morgan fingerprint density at radius 1 is 1.00 bits per heavy atom. The molecule has 0 heterocycles. The van der Waals surface area contributed by atoms with E-state index in [2.05, 4.69) is 11.9 Å². The number of aliphatic imine (C=N–C) groups is 1. The minimum absolute atomic E-state index is 0. The maximum atomic E-state index is 10.8. The third-order valence-electron chi connectivity index (χ3n) is 2.66. The summed E-state index contributed by atoms with van der Waals surface area (Å²) in [6, 6.07) is 0. The Morgan fingerprint density at radius 2 is 1.47 bits per heavy atom.